The topological polar surface area (TPSA) is 23.9 Å². The number of unbranched alkanes of at least 4 members (excludes halogenated alkanes) is 4. The number of hydrogen-bond acceptors (Lipinski definition) is 2. The third-order valence-corrected chi connectivity index (χ3v) is 3.94. The van der Waals surface area contributed by atoms with Crippen molar-refractivity contribution in [2.75, 3.05) is 26.2 Å². The molecule has 120 valence electrons. The summed E-state index contributed by atoms with van der Waals surface area (Å²) in [6, 6.07) is 0. The molecule has 0 aliphatic heterocycles. The van der Waals surface area contributed by atoms with E-state index in [4.69, 9.17) is 5.41 Å². The van der Waals surface area contributed by atoms with Crippen molar-refractivity contribution in [3.63, 3.8) is 0 Å². The minimum Gasteiger partial charge on any atom is -0.324 e. The van der Waals surface area contributed by atoms with Gasteiger partial charge in [-0.05, 0) is 37.9 Å². The monoisotopic (exact) mass is 301 g/mol. The molecule has 2 nitrogen and oxygen atoms in total. The number of rotatable bonds is 12. The van der Waals surface area contributed by atoms with Gasteiger partial charge in [-0.15, -0.1) is 0 Å². The van der Waals surface area contributed by atoms with Crippen LogP contribution < -0.4 is 0 Å². The molecule has 0 unspecified atom stereocenters. The van der Waals surface area contributed by atoms with Crippen molar-refractivity contribution in [3.8, 4) is 0 Å². The Morgan fingerprint density at radius 3 is 1.05 bits per heavy atom. The molecule has 3 heteroatoms. The van der Waals surface area contributed by atoms with Gasteiger partial charge in [-0.3, -0.25) is 0 Å². The Kier molecular flexibility index (Phi) is 18.5. The molecule has 0 heterocycles. The lowest BCUT2D eigenvalue weighted by molar-refractivity contribution is -0.929. The highest BCUT2D eigenvalue weighted by Crippen LogP contribution is 2.16. The quantitative estimate of drug-likeness (QED) is 0.280. The molecule has 0 fully saturated rings. The first-order valence-electron chi connectivity index (χ1n) is 8.55. The Bertz CT molecular complexity index is 186. The SMILES string of the molecule is CCCC[N+](CCCC)(CCCC)CCCC.N=C=S. The first kappa shape index (κ1) is 22.0. The first-order valence-corrected chi connectivity index (χ1v) is 8.96. The van der Waals surface area contributed by atoms with Crippen LogP contribution >= 0.6 is 12.2 Å². The highest BCUT2D eigenvalue weighted by molar-refractivity contribution is 7.78. The van der Waals surface area contributed by atoms with E-state index in [1.165, 1.54) is 82.0 Å². The third kappa shape index (κ3) is 12.8. The van der Waals surface area contributed by atoms with Gasteiger partial charge in [0.1, 0.15) is 0 Å². The van der Waals surface area contributed by atoms with Crippen molar-refractivity contribution in [1.29, 1.82) is 5.41 Å². The molecule has 0 aliphatic carbocycles. The average Bonchev–Trinajstić information content (AvgIpc) is 2.46. The van der Waals surface area contributed by atoms with Crippen LogP contribution in [0.5, 0.6) is 0 Å². The van der Waals surface area contributed by atoms with Gasteiger partial charge < -0.3 is 4.48 Å². The molecule has 0 bridgehead atoms. The van der Waals surface area contributed by atoms with Gasteiger partial charge in [-0.25, -0.2) is 5.41 Å². The number of isothiocyanates is 1. The van der Waals surface area contributed by atoms with Gasteiger partial charge in [0.25, 0.3) is 0 Å². The van der Waals surface area contributed by atoms with E-state index in [1.54, 1.807) is 5.16 Å². The largest absolute Gasteiger partial charge is 0.324 e. The van der Waals surface area contributed by atoms with Gasteiger partial charge in [-0.1, -0.05) is 53.4 Å². The van der Waals surface area contributed by atoms with Gasteiger partial charge >= 0.3 is 0 Å². The second kappa shape index (κ2) is 16.8. The van der Waals surface area contributed by atoms with Crippen LogP contribution in [-0.2, 0) is 0 Å². The van der Waals surface area contributed by atoms with E-state index < -0.39 is 0 Å². The lowest BCUT2D eigenvalue weighted by atomic mass is 10.1. The highest BCUT2D eigenvalue weighted by Gasteiger charge is 2.24. The Balaban J connectivity index is 0. The van der Waals surface area contributed by atoms with Gasteiger partial charge in [0.15, 0.2) is 0 Å². The third-order valence-electron chi connectivity index (χ3n) is 3.94. The molecular formula is C17H37N2S+. The van der Waals surface area contributed by atoms with Gasteiger partial charge in [0.2, 0.25) is 0 Å². The van der Waals surface area contributed by atoms with Crippen LogP contribution in [0.1, 0.15) is 79.1 Å². The normalized spacial score (nSPS) is 10.6. The molecule has 0 spiro atoms. The lowest BCUT2D eigenvalue weighted by Crippen LogP contribution is -2.50. The molecule has 0 amide bonds. The van der Waals surface area contributed by atoms with Crippen molar-refractivity contribution in [3.05, 3.63) is 0 Å². The van der Waals surface area contributed by atoms with Crippen LogP contribution in [0.15, 0.2) is 0 Å². The summed E-state index contributed by atoms with van der Waals surface area (Å²) in [5.74, 6) is 0. The number of nitrogens with one attached hydrogen (secondary N) is 1. The Morgan fingerprint density at radius 2 is 0.900 bits per heavy atom. The number of quaternary nitrogens is 1. The van der Waals surface area contributed by atoms with Gasteiger partial charge in [0, 0.05) is 0 Å². The second-order valence-electron chi connectivity index (χ2n) is 5.75. The van der Waals surface area contributed by atoms with Crippen LogP contribution in [0.25, 0.3) is 0 Å². The highest BCUT2D eigenvalue weighted by atomic mass is 32.1. The second-order valence-corrected chi connectivity index (χ2v) is 5.96. The first-order chi connectivity index (χ1) is 9.66. The molecule has 0 saturated heterocycles. The molecule has 0 saturated carbocycles. The smallest absolute Gasteiger partial charge is 0.0786 e. The van der Waals surface area contributed by atoms with Crippen LogP contribution in [0.2, 0.25) is 0 Å². The van der Waals surface area contributed by atoms with E-state index in [2.05, 4.69) is 39.9 Å². The summed E-state index contributed by atoms with van der Waals surface area (Å²) in [5, 5.41) is 7.36. The predicted molar refractivity (Wildman–Crippen MR) is 94.7 cm³/mol. The Hall–Kier alpha value is -0.240. The van der Waals surface area contributed by atoms with Crippen LogP contribution in [0.4, 0.5) is 0 Å². The summed E-state index contributed by atoms with van der Waals surface area (Å²) in [7, 11) is 0. The zero-order valence-corrected chi connectivity index (χ0v) is 15.2. The maximum Gasteiger partial charge on any atom is 0.0786 e. The van der Waals surface area contributed by atoms with E-state index in [-0.39, 0.29) is 0 Å². The number of nitrogens with zero attached hydrogens (tertiary/aromatic N) is 1. The standard InChI is InChI=1S/C16H36N.CHNS/c1-5-9-13-17(14-10-6-2,15-11-7-3)16-12-8-4;2-1-3/h5-16H2,1-4H3;2H/q+1;. The van der Waals surface area contributed by atoms with E-state index in [0.29, 0.717) is 0 Å². The molecule has 0 aromatic carbocycles. The van der Waals surface area contributed by atoms with E-state index in [0.717, 1.165) is 0 Å². The van der Waals surface area contributed by atoms with Crippen LogP contribution in [0, 0.1) is 5.41 Å². The molecule has 0 aromatic rings. The van der Waals surface area contributed by atoms with Crippen molar-refractivity contribution in [2.24, 2.45) is 0 Å². The Labute approximate surface area is 133 Å². The fourth-order valence-electron chi connectivity index (χ4n) is 2.64. The molecule has 0 aromatic heterocycles. The van der Waals surface area contributed by atoms with Gasteiger partial charge in [0.05, 0.1) is 31.3 Å². The lowest BCUT2D eigenvalue weighted by Gasteiger charge is -2.39. The summed E-state index contributed by atoms with van der Waals surface area (Å²) in [6.45, 7) is 15.0. The molecule has 0 atom stereocenters. The van der Waals surface area contributed by atoms with E-state index in [9.17, 15) is 0 Å². The summed E-state index contributed by atoms with van der Waals surface area (Å²) in [6.07, 6.45) is 11.1. The summed E-state index contributed by atoms with van der Waals surface area (Å²) < 4.78 is 1.42. The Morgan fingerprint density at radius 1 is 0.700 bits per heavy atom. The minimum absolute atomic E-state index is 1.35. The van der Waals surface area contributed by atoms with E-state index >= 15 is 0 Å². The summed E-state index contributed by atoms with van der Waals surface area (Å²) >= 11 is 3.81. The van der Waals surface area contributed by atoms with Crippen LogP contribution in [-0.4, -0.2) is 35.8 Å². The summed E-state index contributed by atoms with van der Waals surface area (Å²) in [4.78, 5) is 0. The fourth-order valence-corrected chi connectivity index (χ4v) is 2.64. The van der Waals surface area contributed by atoms with Crippen LogP contribution in [0.3, 0.4) is 0 Å². The van der Waals surface area contributed by atoms with Crippen molar-refractivity contribution >= 4 is 17.4 Å². The molecule has 1 N–H and O–H groups in total. The number of hydrogen-bond donors (Lipinski definition) is 1. The predicted octanol–water partition coefficient (Wildman–Crippen LogP) is 5.67. The zero-order chi connectivity index (χ0) is 15.7. The fraction of sp³-hybridized carbons (Fsp3) is 0.941. The summed E-state index contributed by atoms with van der Waals surface area (Å²) in [5.41, 5.74) is 0. The molecular weight excluding hydrogens is 264 g/mol. The van der Waals surface area contributed by atoms with Crippen molar-refractivity contribution in [1.82, 2.24) is 0 Å². The average molecular weight is 302 g/mol. The molecule has 0 rings (SSSR count). The van der Waals surface area contributed by atoms with Gasteiger partial charge in [-0.2, -0.15) is 0 Å². The maximum atomic E-state index is 5.77. The minimum atomic E-state index is 1.35. The van der Waals surface area contributed by atoms with Crippen molar-refractivity contribution in [2.45, 2.75) is 79.1 Å². The van der Waals surface area contributed by atoms with E-state index in [1.807, 2.05) is 0 Å². The van der Waals surface area contributed by atoms with Crippen molar-refractivity contribution < 1.29 is 4.48 Å². The molecule has 0 radical (unpaired) electrons. The number of thiocarbonyl (C=S) groups is 1. The molecule has 0 aliphatic rings. The molecule has 20 heavy (non-hydrogen) atoms. The zero-order valence-electron chi connectivity index (χ0n) is 14.3. The maximum absolute atomic E-state index is 5.77.